The van der Waals surface area contributed by atoms with Crippen molar-refractivity contribution in [3.63, 3.8) is 0 Å². The number of carboxylic acids is 1. The standard InChI is InChI=1S/C22H30N2O3/c1-23-12-6-9-19(22(25)26)14-17-7-4-8-18(13-17)16-24(2)20-10-5-11-21(15-20)27-3/h4-5,7-8,10-11,13,15,19,23H,6,9,12,14,16H2,1-3H3,(H,25,26)/t19-/m1/s1. The van der Waals surface area contributed by atoms with Crippen LogP contribution in [0.1, 0.15) is 24.0 Å². The first-order valence-corrected chi connectivity index (χ1v) is 9.34. The SMILES string of the molecule is CNCCC[C@H](Cc1cccc(CN(C)c2cccc(OC)c2)c1)C(=O)O. The smallest absolute Gasteiger partial charge is 0.306 e. The van der Waals surface area contributed by atoms with E-state index in [4.69, 9.17) is 4.74 Å². The Morgan fingerprint density at radius 3 is 2.63 bits per heavy atom. The highest BCUT2D eigenvalue weighted by atomic mass is 16.5. The lowest BCUT2D eigenvalue weighted by Crippen LogP contribution is -2.19. The van der Waals surface area contributed by atoms with Gasteiger partial charge >= 0.3 is 5.97 Å². The van der Waals surface area contributed by atoms with Crippen LogP contribution in [-0.2, 0) is 17.8 Å². The molecule has 5 heteroatoms. The molecular formula is C22H30N2O3. The van der Waals surface area contributed by atoms with E-state index in [1.807, 2.05) is 44.4 Å². The first-order chi connectivity index (χ1) is 13.0. The van der Waals surface area contributed by atoms with Crippen molar-refractivity contribution in [2.24, 2.45) is 5.92 Å². The number of aliphatic carboxylic acids is 1. The van der Waals surface area contributed by atoms with Gasteiger partial charge in [0.15, 0.2) is 0 Å². The van der Waals surface area contributed by atoms with Gasteiger partial charge in [0.1, 0.15) is 5.75 Å². The number of anilines is 1. The Balaban J connectivity index is 2.04. The van der Waals surface area contributed by atoms with E-state index in [2.05, 4.69) is 28.4 Å². The van der Waals surface area contributed by atoms with Crippen LogP contribution in [0.4, 0.5) is 5.69 Å². The van der Waals surface area contributed by atoms with Crippen LogP contribution in [-0.4, -0.2) is 38.8 Å². The van der Waals surface area contributed by atoms with Gasteiger partial charge in [-0.15, -0.1) is 0 Å². The highest BCUT2D eigenvalue weighted by molar-refractivity contribution is 5.70. The predicted molar refractivity (Wildman–Crippen MR) is 110 cm³/mol. The van der Waals surface area contributed by atoms with Crippen molar-refractivity contribution in [3.8, 4) is 5.75 Å². The number of nitrogens with zero attached hydrogens (tertiary/aromatic N) is 1. The van der Waals surface area contributed by atoms with Gasteiger partial charge in [-0.05, 0) is 56.1 Å². The summed E-state index contributed by atoms with van der Waals surface area (Å²) in [5, 5.41) is 12.6. The number of hydrogen-bond donors (Lipinski definition) is 2. The molecule has 2 aromatic carbocycles. The van der Waals surface area contributed by atoms with Gasteiger partial charge in [-0.2, -0.15) is 0 Å². The zero-order valence-corrected chi connectivity index (χ0v) is 16.4. The fourth-order valence-corrected chi connectivity index (χ4v) is 3.19. The molecule has 27 heavy (non-hydrogen) atoms. The first kappa shape index (κ1) is 20.8. The molecule has 0 saturated carbocycles. The minimum Gasteiger partial charge on any atom is -0.497 e. The lowest BCUT2D eigenvalue weighted by molar-refractivity contribution is -0.141. The fraction of sp³-hybridized carbons (Fsp3) is 0.409. The topological polar surface area (TPSA) is 61.8 Å². The normalized spacial score (nSPS) is 11.8. The zero-order chi connectivity index (χ0) is 19.6. The van der Waals surface area contributed by atoms with Gasteiger partial charge in [0, 0.05) is 25.3 Å². The second-order valence-electron chi connectivity index (χ2n) is 6.86. The van der Waals surface area contributed by atoms with Crippen molar-refractivity contribution >= 4 is 11.7 Å². The van der Waals surface area contributed by atoms with Crippen LogP contribution in [0.25, 0.3) is 0 Å². The van der Waals surface area contributed by atoms with Gasteiger partial charge in [0.25, 0.3) is 0 Å². The Kier molecular flexibility index (Phi) is 8.14. The number of methoxy groups -OCH3 is 1. The Bertz CT molecular complexity index is 733. The van der Waals surface area contributed by atoms with Crippen LogP contribution in [0.2, 0.25) is 0 Å². The van der Waals surface area contributed by atoms with E-state index in [9.17, 15) is 9.90 Å². The summed E-state index contributed by atoms with van der Waals surface area (Å²) < 4.78 is 5.29. The molecule has 0 amide bonds. The highest BCUT2D eigenvalue weighted by Gasteiger charge is 2.17. The third-order valence-corrected chi connectivity index (χ3v) is 4.72. The third-order valence-electron chi connectivity index (χ3n) is 4.72. The summed E-state index contributed by atoms with van der Waals surface area (Å²) in [6.07, 6.45) is 2.12. The van der Waals surface area contributed by atoms with Crippen molar-refractivity contribution in [3.05, 3.63) is 59.7 Å². The van der Waals surface area contributed by atoms with Crippen LogP contribution >= 0.6 is 0 Å². The molecule has 1 atom stereocenters. The fourth-order valence-electron chi connectivity index (χ4n) is 3.19. The minimum atomic E-state index is -0.718. The summed E-state index contributed by atoms with van der Waals surface area (Å²) in [5.41, 5.74) is 3.32. The highest BCUT2D eigenvalue weighted by Crippen LogP contribution is 2.22. The van der Waals surface area contributed by atoms with Crippen molar-refractivity contribution in [1.82, 2.24) is 5.32 Å². The average Bonchev–Trinajstić information content (AvgIpc) is 2.67. The number of rotatable bonds is 11. The van der Waals surface area contributed by atoms with Crippen molar-refractivity contribution < 1.29 is 14.6 Å². The summed E-state index contributed by atoms with van der Waals surface area (Å²) in [4.78, 5) is 13.7. The Hall–Kier alpha value is -2.53. The molecule has 146 valence electrons. The number of carbonyl (C=O) groups is 1. The second kappa shape index (κ2) is 10.6. The van der Waals surface area contributed by atoms with E-state index in [1.54, 1.807) is 7.11 Å². The van der Waals surface area contributed by atoms with E-state index in [-0.39, 0.29) is 5.92 Å². The van der Waals surface area contributed by atoms with Gasteiger partial charge in [-0.1, -0.05) is 30.3 Å². The van der Waals surface area contributed by atoms with Gasteiger partial charge in [-0.25, -0.2) is 0 Å². The molecule has 0 spiro atoms. The maximum Gasteiger partial charge on any atom is 0.306 e. The van der Waals surface area contributed by atoms with Gasteiger partial charge < -0.3 is 20.1 Å². The summed E-state index contributed by atoms with van der Waals surface area (Å²) >= 11 is 0. The van der Waals surface area contributed by atoms with Gasteiger partial charge in [0.05, 0.1) is 13.0 Å². The monoisotopic (exact) mass is 370 g/mol. The van der Waals surface area contributed by atoms with Crippen LogP contribution < -0.4 is 15.0 Å². The summed E-state index contributed by atoms with van der Waals surface area (Å²) in [5.74, 6) is -0.228. The molecule has 0 heterocycles. The van der Waals surface area contributed by atoms with Gasteiger partial charge in [0.2, 0.25) is 0 Å². The number of ether oxygens (including phenoxy) is 1. The van der Waals surface area contributed by atoms with Crippen LogP contribution in [0.15, 0.2) is 48.5 Å². The van der Waals surface area contributed by atoms with E-state index in [1.165, 1.54) is 0 Å². The van der Waals surface area contributed by atoms with Crippen molar-refractivity contribution in [2.45, 2.75) is 25.8 Å². The molecule has 0 saturated heterocycles. The molecule has 0 unspecified atom stereocenters. The second-order valence-corrected chi connectivity index (χ2v) is 6.86. The third kappa shape index (κ3) is 6.61. The quantitative estimate of drug-likeness (QED) is 0.592. The largest absolute Gasteiger partial charge is 0.497 e. The van der Waals surface area contributed by atoms with Crippen LogP contribution in [0, 0.1) is 5.92 Å². The van der Waals surface area contributed by atoms with Crippen LogP contribution in [0.3, 0.4) is 0 Å². The molecule has 2 N–H and O–H groups in total. The molecule has 2 rings (SSSR count). The molecule has 0 radical (unpaired) electrons. The number of benzene rings is 2. The maximum atomic E-state index is 11.6. The molecule has 0 aliphatic heterocycles. The lowest BCUT2D eigenvalue weighted by atomic mass is 9.94. The maximum absolute atomic E-state index is 11.6. The van der Waals surface area contributed by atoms with Crippen molar-refractivity contribution in [1.29, 1.82) is 0 Å². The van der Waals surface area contributed by atoms with E-state index >= 15 is 0 Å². The minimum absolute atomic E-state index is 0.343. The lowest BCUT2D eigenvalue weighted by Gasteiger charge is -2.20. The van der Waals surface area contributed by atoms with E-state index in [0.29, 0.717) is 12.8 Å². The molecular weight excluding hydrogens is 340 g/mol. The summed E-state index contributed by atoms with van der Waals surface area (Å²) in [7, 11) is 5.59. The zero-order valence-electron chi connectivity index (χ0n) is 16.4. The Labute approximate surface area is 162 Å². The van der Waals surface area contributed by atoms with E-state index < -0.39 is 5.97 Å². The molecule has 5 nitrogen and oxygen atoms in total. The predicted octanol–water partition coefficient (Wildman–Crippen LogP) is 3.57. The molecule has 0 fully saturated rings. The van der Waals surface area contributed by atoms with Crippen LogP contribution in [0.5, 0.6) is 5.75 Å². The van der Waals surface area contributed by atoms with Gasteiger partial charge in [-0.3, -0.25) is 4.79 Å². The average molecular weight is 370 g/mol. The van der Waals surface area contributed by atoms with Crippen molar-refractivity contribution in [2.75, 3.05) is 32.6 Å². The van der Waals surface area contributed by atoms with E-state index in [0.717, 1.165) is 42.1 Å². The molecule has 0 aliphatic carbocycles. The molecule has 0 aliphatic rings. The summed E-state index contributed by atoms with van der Waals surface area (Å²) in [6, 6.07) is 16.2. The Morgan fingerprint density at radius 1 is 1.19 bits per heavy atom. The molecule has 0 aromatic heterocycles. The Morgan fingerprint density at radius 2 is 1.93 bits per heavy atom. The number of nitrogens with one attached hydrogen (secondary N) is 1. The molecule has 2 aromatic rings. The number of hydrogen-bond acceptors (Lipinski definition) is 4. The summed E-state index contributed by atoms with van der Waals surface area (Å²) in [6.45, 7) is 1.59. The number of carboxylic acid groups (broad SMARTS) is 1. The molecule has 0 bridgehead atoms. The first-order valence-electron chi connectivity index (χ1n) is 9.34.